The molecule has 1 N–H and O–H groups in total. The predicted octanol–water partition coefficient (Wildman–Crippen LogP) is 3.32. The number of nitrogens with zero attached hydrogens (tertiary/aromatic N) is 3. The Morgan fingerprint density at radius 1 is 1.11 bits per heavy atom. The number of para-hydroxylation sites is 1. The molecule has 9 nitrogen and oxygen atoms in total. The van der Waals surface area contributed by atoms with E-state index in [9.17, 15) is 19.7 Å². The van der Waals surface area contributed by atoms with Crippen LogP contribution in [-0.4, -0.2) is 35.6 Å². The molecule has 0 aliphatic carbocycles. The lowest BCUT2D eigenvalue weighted by molar-refractivity contribution is -0.384. The van der Waals surface area contributed by atoms with Crippen molar-refractivity contribution in [2.75, 3.05) is 25.1 Å². The lowest BCUT2D eigenvalue weighted by Crippen LogP contribution is -2.47. The number of aromatic nitrogens is 1. The minimum absolute atomic E-state index is 0.000110. The van der Waals surface area contributed by atoms with Crippen LogP contribution < -0.4 is 20.5 Å². The van der Waals surface area contributed by atoms with Gasteiger partial charge >= 0.3 is 0 Å². The number of nitro groups is 1. The topological polar surface area (TPSA) is 107 Å². The first-order valence-electron chi connectivity index (χ1n) is 11.6. The van der Waals surface area contributed by atoms with Crippen LogP contribution in [0.4, 0.5) is 11.4 Å². The van der Waals surface area contributed by atoms with Crippen molar-refractivity contribution in [3.8, 4) is 5.75 Å². The van der Waals surface area contributed by atoms with E-state index < -0.39 is 10.8 Å². The summed E-state index contributed by atoms with van der Waals surface area (Å²) in [5, 5.41) is 14.8. The number of methoxy groups -OCH3 is 1. The van der Waals surface area contributed by atoms with Gasteiger partial charge in [0.1, 0.15) is 11.4 Å². The minimum Gasteiger partial charge on any atom is -0.496 e. The van der Waals surface area contributed by atoms with Gasteiger partial charge in [-0.05, 0) is 36.6 Å². The number of rotatable bonds is 6. The van der Waals surface area contributed by atoms with Crippen molar-refractivity contribution in [1.82, 2.24) is 9.88 Å². The number of carbonyl (C=O) groups excluding carboxylic acids is 1. The molecule has 180 valence electrons. The monoisotopic (exact) mass is 474 g/mol. The Kier molecular flexibility index (Phi) is 5.98. The number of carbonyl (C=O) groups is 1. The summed E-state index contributed by atoms with van der Waals surface area (Å²) in [6.45, 7) is 2.06. The number of benzene rings is 2. The number of nitro benzene ring substituents is 1. The van der Waals surface area contributed by atoms with E-state index in [1.54, 1.807) is 31.4 Å². The van der Waals surface area contributed by atoms with E-state index in [0.717, 1.165) is 17.7 Å². The highest BCUT2D eigenvalue weighted by Gasteiger charge is 2.36. The summed E-state index contributed by atoms with van der Waals surface area (Å²) in [5.74, 6) is 0.618. The first-order valence-corrected chi connectivity index (χ1v) is 11.6. The number of ether oxygens (including phenoxy) is 1. The summed E-state index contributed by atoms with van der Waals surface area (Å²) >= 11 is 0. The van der Waals surface area contributed by atoms with Crippen LogP contribution >= 0.6 is 0 Å². The molecule has 2 aliphatic heterocycles. The average molecular weight is 475 g/mol. The number of hydrogen-bond donors (Lipinski definition) is 1. The average Bonchev–Trinajstić information content (AvgIpc) is 2.87. The third kappa shape index (κ3) is 4.37. The van der Waals surface area contributed by atoms with Crippen molar-refractivity contribution in [3.63, 3.8) is 0 Å². The summed E-state index contributed by atoms with van der Waals surface area (Å²) in [4.78, 5) is 38.6. The minimum atomic E-state index is -0.435. The zero-order chi connectivity index (χ0) is 24.5. The third-order valence-electron chi connectivity index (χ3n) is 6.89. The molecular formula is C26H26N4O5. The van der Waals surface area contributed by atoms with E-state index in [0.29, 0.717) is 31.1 Å². The highest BCUT2D eigenvalue weighted by molar-refractivity contribution is 5.95. The molecule has 0 radical (unpaired) electrons. The van der Waals surface area contributed by atoms with Gasteiger partial charge in [-0.1, -0.05) is 24.3 Å². The Morgan fingerprint density at radius 3 is 2.74 bits per heavy atom. The van der Waals surface area contributed by atoms with Crippen LogP contribution in [0.25, 0.3) is 0 Å². The molecule has 2 unspecified atom stereocenters. The fraction of sp³-hybridized carbons (Fsp3) is 0.308. The second kappa shape index (κ2) is 9.25. The maximum atomic E-state index is 12.8. The molecule has 2 aliphatic rings. The molecule has 1 saturated heterocycles. The molecule has 3 aromatic rings. The number of hydrogen-bond acceptors (Lipinski definition) is 6. The SMILES string of the molecule is COc1ccccc1CNC(=O)c1ccc(N2CC3CC(C2)c2cccc(=O)n2C3)c([N+](=O)[O-])c1. The van der Waals surface area contributed by atoms with E-state index in [1.165, 1.54) is 6.07 Å². The normalized spacial score (nSPS) is 18.5. The number of nitrogens with one attached hydrogen (secondary N) is 1. The molecule has 2 bridgehead atoms. The van der Waals surface area contributed by atoms with E-state index >= 15 is 0 Å². The Hall–Kier alpha value is -4.14. The third-order valence-corrected chi connectivity index (χ3v) is 6.89. The molecule has 9 heteroatoms. The predicted molar refractivity (Wildman–Crippen MR) is 131 cm³/mol. The van der Waals surface area contributed by atoms with Crippen LogP contribution in [0.2, 0.25) is 0 Å². The van der Waals surface area contributed by atoms with Crippen molar-refractivity contribution in [2.24, 2.45) is 5.92 Å². The zero-order valence-corrected chi connectivity index (χ0v) is 19.3. The van der Waals surface area contributed by atoms with Gasteiger partial charge in [0, 0.05) is 61.1 Å². The van der Waals surface area contributed by atoms with Gasteiger partial charge in [0.15, 0.2) is 0 Å². The molecule has 1 amide bonds. The van der Waals surface area contributed by atoms with Gasteiger partial charge in [-0.15, -0.1) is 0 Å². The smallest absolute Gasteiger partial charge is 0.293 e. The maximum absolute atomic E-state index is 12.8. The standard InChI is InChI=1S/C26H26N4O5/c1-35-24-7-3-2-5-19(24)13-27-26(32)18-9-10-22(23(12-18)30(33)34)28-14-17-11-20(16-28)21-6-4-8-25(31)29(21)15-17/h2-10,12,17,20H,11,13-16H2,1H3,(H,27,32). The molecule has 2 atom stereocenters. The Morgan fingerprint density at radius 2 is 1.94 bits per heavy atom. The lowest BCUT2D eigenvalue weighted by Gasteiger charge is -2.43. The van der Waals surface area contributed by atoms with Crippen LogP contribution in [0.15, 0.2) is 65.5 Å². The van der Waals surface area contributed by atoms with Crippen molar-refractivity contribution in [2.45, 2.75) is 25.4 Å². The molecule has 3 heterocycles. The summed E-state index contributed by atoms with van der Waals surface area (Å²) in [6.07, 6.45) is 0.956. The fourth-order valence-corrected chi connectivity index (χ4v) is 5.30. The number of piperidine rings is 1. The maximum Gasteiger partial charge on any atom is 0.293 e. The number of pyridine rings is 1. The van der Waals surface area contributed by atoms with Gasteiger partial charge in [-0.2, -0.15) is 0 Å². The lowest BCUT2D eigenvalue weighted by atomic mass is 9.83. The molecule has 1 fully saturated rings. The van der Waals surface area contributed by atoms with Gasteiger partial charge in [0.2, 0.25) is 0 Å². The van der Waals surface area contributed by atoms with Gasteiger partial charge in [0.25, 0.3) is 17.2 Å². The highest BCUT2D eigenvalue weighted by Crippen LogP contribution is 2.39. The summed E-state index contributed by atoms with van der Waals surface area (Å²) in [7, 11) is 1.56. The van der Waals surface area contributed by atoms with Gasteiger partial charge in [-0.3, -0.25) is 19.7 Å². The number of fused-ring (bicyclic) bond motifs is 4. The fourth-order valence-electron chi connectivity index (χ4n) is 5.30. The zero-order valence-electron chi connectivity index (χ0n) is 19.3. The Bertz CT molecular complexity index is 1350. The van der Waals surface area contributed by atoms with Crippen molar-refractivity contribution in [3.05, 3.63) is 98.0 Å². The van der Waals surface area contributed by atoms with Crippen LogP contribution in [-0.2, 0) is 13.1 Å². The van der Waals surface area contributed by atoms with E-state index in [1.807, 2.05) is 39.8 Å². The van der Waals surface area contributed by atoms with Crippen LogP contribution in [0.1, 0.15) is 34.0 Å². The second-order valence-electron chi connectivity index (χ2n) is 9.06. The second-order valence-corrected chi connectivity index (χ2v) is 9.06. The summed E-state index contributed by atoms with van der Waals surface area (Å²) in [6, 6.07) is 17.3. The van der Waals surface area contributed by atoms with Gasteiger partial charge in [-0.25, -0.2) is 0 Å². The quantitative estimate of drug-likeness (QED) is 0.434. The Labute approximate surface area is 202 Å². The molecule has 0 spiro atoms. The number of anilines is 1. The molecular weight excluding hydrogens is 448 g/mol. The van der Waals surface area contributed by atoms with Crippen molar-refractivity contribution >= 4 is 17.3 Å². The summed E-state index contributed by atoms with van der Waals surface area (Å²) in [5.41, 5.74) is 2.42. The molecule has 2 aromatic carbocycles. The first kappa shape index (κ1) is 22.6. The highest BCUT2D eigenvalue weighted by atomic mass is 16.6. The summed E-state index contributed by atoms with van der Waals surface area (Å²) < 4.78 is 7.14. The van der Waals surface area contributed by atoms with Crippen molar-refractivity contribution in [1.29, 1.82) is 0 Å². The first-order chi connectivity index (χ1) is 16.9. The van der Waals surface area contributed by atoms with E-state index in [4.69, 9.17) is 4.74 Å². The molecule has 0 saturated carbocycles. The number of amides is 1. The molecule has 35 heavy (non-hydrogen) atoms. The largest absolute Gasteiger partial charge is 0.496 e. The van der Waals surface area contributed by atoms with Gasteiger partial charge < -0.3 is 19.5 Å². The van der Waals surface area contributed by atoms with Crippen LogP contribution in [0, 0.1) is 16.0 Å². The van der Waals surface area contributed by atoms with Crippen LogP contribution in [0.5, 0.6) is 5.75 Å². The van der Waals surface area contributed by atoms with Crippen molar-refractivity contribution < 1.29 is 14.5 Å². The van der Waals surface area contributed by atoms with Gasteiger partial charge in [0.05, 0.1) is 12.0 Å². The molecule has 5 rings (SSSR count). The van der Waals surface area contributed by atoms with Crippen LogP contribution in [0.3, 0.4) is 0 Å². The van der Waals surface area contributed by atoms with E-state index in [2.05, 4.69) is 5.32 Å². The Balaban J connectivity index is 1.37. The van der Waals surface area contributed by atoms with E-state index in [-0.39, 0.29) is 35.2 Å². The molecule has 1 aromatic heterocycles.